The summed E-state index contributed by atoms with van der Waals surface area (Å²) in [5.74, 6) is -0.363. The highest BCUT2D eigenvalue weighted by atomic mass is 19.3. The molecule has 0 aliphatic heterocycles. The summed E-state index contributed by atoms with van der Waals surface area (Å²) in [6.45, 7) is 1.02. The van der Waals surface area contributed by atoms with Crippen molar-refractivity contribution in [1.29, 1.82) is 0 Å². The van der Waals surface area contributed by atoms with E-state index in [0.29, 0.717) is 0 Å². The highest BCUT2D eigenvalue weighted by Gasteiger charge is 2.31. The molecule has 1 fully saturated rings. The summed E-state index contributed by atoms with van der Waals surface area (Å²) in [6.07, 6.45) is 3.13. The average molecular weight is 330 g/mol. The van der Waals surface area contributed by atoms with Gasteiger partial charge >= 0.3 is 5.69 Å². The number of hydrogen-bond donors (Lipinski definition) is 1. The smallest absolute Gasteiger partial charge is 0.319 e. The first-order chi connectivity index (χ1) is 10.9. The van der Waals surface area contributed by atoms with Gasteiger partial charge in [-0.1, -0.05) is 25.7 Å². The van der Waals surface area contributed by atoms with Gasteiger partial charge in [-0.15, -0.1) is 0 Å². The third kappa shape index (κ3) is 4.23. The average Bonchev–Trinajstić information content (AvgIpc) is 2.63. The number of carbonyl (C=O) groups excluding carboxylic acids is 1. The van der Waals surface area contributed by atoms with Gasteiger partial charge in [-0.3, -0.25) is 19.6 Å². The van der Waals surface area contributed by atoms with E-state index in [0.717, 1.165) is 43.2 Å². The Balaban J connectivity index is 2.08. The largest absolute Gasteiger partial charge is 0.352 e. The summed E-state index contributed by atoms with van der Waals surface area (Å²) in [4.78, 5) is 22.1. The Kier molecular flexibility index (Phi) is 5.62. The Morgan fingerprint density at radius 3 is 2.48 bits per heavy atom. The molecule has 0 unspecified atom stereocenters. The minimum absolute atomic E-state index is 0.0404. The first-order valence-corrected chi connectivity index (χ1v) is 7.69. The van der Waals surface area contributed by atoms with Gasteiger partial charge in [0, 0.05) is 6.04 Å². The van der Waals surface area contributed by atoms with Crippen LogP contribution >= 0.6 is 0 Å². The Hall–Kier alpha value is -2.06. The van der Waals surface area contributed by atoms with Crippen molar-refractivity contribution in [1.82, 2.24) is 15.1 Å². The molecule has 1 aliphatic carbocycles. The summed E-state index contributed by atoms with van der Waals surface area (Å²) in [5, 5.41) is 17.3. The molecule has 7 nitrogen and oxygen atoms in total. The van der Waals surface area contributed by atoms with Crippen LogP contribution < -0.4 is 5.32 Å². The lowest BCUT2D eigenvalue weighted by Crippen LogP contribution is -2.37. The van der Waals surface area contributed by atoms with Crippen LogP contribution in [-0.2, 0) is 11.3 Å². The van der Waals surface area contributed by atoms with E-state index in [-0.39, 0.29) is 24.2 Å². The van der Waals surface area contributed by atoms with Crippen molar-refractivity contribution in [2.45, 2.75) is 64.5 Å². The Morgan fingerprint density at radius 1 is 1.39 bits per heavy atom. The first-order valence-electron chi connectivity index (χ1n) is 7.69. The molecule has 1 aliphatic rings. The predicted octanol–water partition coefficient (Wildman–Crippen LogP) is 2.88. The monoisotopic (exact) mass is 330 g/mol. The molecule has 0 spiro atoms. The third-order valence-corrected chi connectivity index (χ3v) is 4.10. The zero-order chi connectivity index (χ0) is 17.0. The normalized spacial score (nSPS) is 16.3. The van der Waals surface area contributed by atoms with E-state index >= 15 is 0 Å². The van der Waals surface area contributed by atoms with Crippen molar-refractivity contribution in [2.24, 2.45) is 0 Å². The summed E-state index contributed by atoms with van der Waals surface area (Å²) in [5.41, 5.74) is -1.65. The van der Waals surface area contributed by atoms with Gasteiger partial charge in [0.1, 0.15) is 12.2 Å². The number of amides is 1. The van der Waals surface area contributed by atoms with Crippen molar-refractivity contribution in [3.05, 3.63) is 21.5 Å². The molecule has 1 heterocycles. The predicted molar refractivity (Wildman–Crippen MR) is 78.2 cm³/mol. The van der Waals surface area contributed by atoms with Crippen LogP contribution in [0.2, 0.25) is 0 Å². The molecule has 0 saturated heterocycles. The second-order valence-corrected chi connectivity index (χ2v) is 5.79. The second kappa shape index (κ2) is 7.47. The lowest BCUT2D eigenvalue weighted by Gasteiger charge is -2.16. The van der Waals surface area contributed by atoms with E-state index in [1.807, 2.05) is 0 Å². The lowest BCUT2D eigenvalue weighted by molar-refractivity contribution is -0.386. The van der Waals surface area contributed by atoms with Crippen LogP contribution in [0.5, 0.6) is 0 Å². The Bertz CT molecular complexity index is 581. The number of hydrogen-bond acceptors (Lipinski definition) is 4. The van der Waals surface area contributed by atoms with Gasteiger partial charge in [0.25, 0.3) is 6.43 Å². The summed E-state index contributed by atoms with van der Waals surface area (Å²) < 4.78 is 26.7. The van der Waals surface area contributed by atoms with Gasteiger partial charge in [0.05, 0.1) is 4.92 Å². The summed E-state index contributed by atoms with van der Waals surface area (Å²) in [6, 6.07) is 0.0745. The van der Waals surface area contributed by atoms with E-state index in [1.165, 1.54) is 6.92 Å². The molecule has 2 rings (SSSR count). The van der Waals surface area contributed by atoms with Crippen LogP contribution in [0.3, 0.4) is 0 Å². The number of nitrogens with zero attached hydrogens (tertiary/aromatic N) is 3. The molecule has 1 aromatic heterocycles. The molecule has 0 aromatic carbocycles. The zero-order valence-electron chi connectivity index (χ0n) is 12.9. The topological polar surface area (TPSA) is 90.1 Å². The van der Waals surface area contributed by atoms with E-state index < -0.39 is 22.7 Å². The maximum Gasteiger partial charge on any atom is 0.319 e. The molecule has 0 radical (unpaired) electrons. The number of halogens is 2. The van der Waals surface area contributed by atoms with E-state index in [4.69, 9.17) is 0 Å². The number of rotatable bonds is 5. The van der Waals surface area contributed by atoms with Gasteiger partial charge in [0.2, 0.25) is 11.6 Å². The molecular formula is C14H20F2N4O3. The summed E-state index contributed by atoms with van der Waals surface area (Å²) in [7, 11) is 0. The molecule has 9 heteroatoms. The minimum atomic E-state index is -3.06. The Labute approximate surface area is 132 Å². The molecule has 1 saturated carbocycles. The van der Waals surface area contributed by atoms with Crippen LogP contribution in [0.25, 0.3) is 0 Å². The van der Waals surface area contributed by atoms with Gasteiger partial charge in [-0.2, -0.15) is 5.10 Å². The first kappa shape index (κ1) is 17.3. The maximum absolute atomic E-state index is 12.9. The number of nitrogens with one attached hydrogen (secondary N) is 1. The zero-order valence-corrected chi connectivity index (χ0v) is 12.9. The van der Waals surface area contributed by atoms with Crippen molar-refractivity contribution in [3.63, 3.8) is 0 Å². The second-order valence-electron chi connectivity index (χ2n) is 5.79. The van der Waals surface area contributed by atoms with Crippen molar-refractivity contribution in [2.75, 3.05) is 0 Å². The molecule has 23 heavy (non-hydrogen) atoms. The lowest BCUT2D eigenvalue weighted by atomic mass is 10.1. The summed E-state index contributed by atoms with van der Waals surface area (Å²) >= 11 is 0. The molecule has 1 N–H and O–H groups in total. The van der Waals surface area contributed by atoms with Gasteiger partial charge in [-0.25, -0.2) is 8.78 Å². The van der Waals surface area contributed by atoms with E-state index in [1.54, 1.807) is 0 Å². The Morgan fingerprint density at radius 2 is 2.00 bits per heavy atom. The van der Waals surface area contributed by atoms with Crippen molar-refractivity contribution < 1.29 is 18.5 Å². The molecule has 0 bridgehead atoms. The van der Waals surface area contributed by atoms with Gasteiger partial charge in [0.15, 0.2) is 0 Å². The van der Waals surface area contributed by atoms with Crippen molar-refractivity contribution in [3.8, 4) is 0 Å². The van der Waals surface area contributed by atoms with E-state index in [2.05, 4.69) is 10.4 Å². The van der Waals surface area contributed by atoms with Gasteiger partial charge < -0.3 is 5.32 Å². The highest BCUT2D eigenvalue weighted by molar-refractivity contribution is 5.76. The van der Waals surface area contributed by atoms with Crippen LogP contribution in [0.15, 0.2) is 0 Å². The fourth-order valence-electron chi connectivity index (χ4n) is 2.92. The number of aromatic nitrogens is 2. The maximum atomic E-state index is 12.9. The fourth-order valence-corrected chi connectivity index (χ4v) is 2.92. The SMILES string of the molecule is Cc1c([N+](=O)[O-])c(C(F)F)nn1CC(=O)NC1CCCCCC1. The van der Waals surface area contributed by atoms with E-state index in [9.17, 15) is 23.7 Å². The number of nitro groups is 1. The van der Waals surface area contributed by atoms with Crippen LogP contribution in [0.4, 0.5) is 14.5 Å². The molecule has 0 atom stereocenters. The third-order valence-electron chi connectivity index (χ3n) is 4.10. The van der Waals surface area contributed by atoms with Gasteiger partial charge in [-0.05, 0) is 19.8 Å². The number of carbonyl (C=O) groups is 1. The van der Waals surface area contributed by atoms with Crippen LogP contribution in [0.1, 0.15) is 56.3 Å². The van der Waals surface area contributed by atoms with Crippen LogP contribution in [0, 0.1) is 17.0 Å². The molecule has 128 valence electrons. The number of alkyl halides is 2. The standard InChI is InChI=1S/C14H20F2N4O3/c1-9-13(20(22)23)12(14(15)16)18-19(9)8-11(21)17-10-6-4-2-3-5-7-10/h10,14H,2-8H2,1H3,(H,17,21). The molecule has 1 aromatic rings. The minimum Gasteiger partial charge on any atom is -0.352 e. The van der Waals surface area contributed by atoms with Crippen molar-refractivity contribution >= 4 is 11.6 Å². The fraction of sp³-hybridized carbons (Fsp3) is 0.714. The van der Waals surface area contributed by atoms with Crippen LogP contribution in [-0.4, -0.2) is 26.7 Å². The quantitative estimate of drug-likeness (QED) is 0.510. The molecular weight excluding hydrogens is 310 g/mol. The molecule has 1 amide bonds. The highest BCUT2D eigenvalue weighted by Crippen LogP contribution is 2.30.